The molecule has 1 aromatic carbocycles. The van der Waals surface area contributed by atoms with Crippen molar-refractivity contribution in [3.05, 3.63) is 55.2 Å². The Morgan fingerprint density at radius 2 is 2.19 bits per heavy atom. The first kappa shape index (κ1) is 15.3. The maximum Gasteiger partial charge on any atom is 0.236 e. The van der Waals surface area contributed by atoms with Gasteiger partial charge in [-0.2, -0.15) is 0 Å². The Morgan fingerprint density at radius 3 is 2.95 bits per heavy atom. The van der Waals surface area contributed by atoms with Crippen LogP contribution >= 0.6 is 43.5 Å². The number of halogens is 3. The van der Waals surface area contributed by atoms with Gasteiger partial charge in [-0.05, 0) is 49.6 Å². The lowest BCUT2D eigenvalue weighted by Gasteiger charge is -2.16. The number of aromatic nitrogens is 1. The molecule has 0 saturated carbocycles. The van der Waals surface area contributed by atoms with Gasteiger partial charge in [0.1, 0.15) is 4.60 Å². The Balaban J connectivity index is 1.95. The van der Waals surface area contributed by atoms with E-state index in [0.29, 0.717) is 11.4 Å². The maximum absolute atomic E-state index is 12.7. The molecule has 1 N–H and O–H groups in total. The molecule has 3 nitrogen and oxygen atoms in total. The minimum Gasteiger partial charge on any atom is -0.312 e. The first-order valence-electron chi connectivity index (χ1n) is 6.63. The topological polar surface area (TPSA) is 34.0 Å². The molecule has 1 aromatic heterocycles. The second-order valence-electron chi connectivity index (χ2n) is 4.99. The zero-order valence-corrected chi connectivity index (χ0v) is 15.1. The molecular formula is C15H13Br2ClN2O. The summed E-state index contributed by atoms with van der Waals surface area (Å²) in [6.45, 7) is 1.67. The number of rotatable bonds is 2. The standard InChI is InChI=1S/C15H13Br2ClN2O/c16-14-11-8-19-5-4-12(11)20(15(14)17)13(21)7-9-2-1-3-10(18)6-9/h1-3,6,19H,4-5,7-8H2. The monoisotopic (exact) mass is 430 g/mol. The summed E-state index contributed by atoms with van der Waals surface area (Å²) in [6, 6.07) is 7.43. The Morgan fingerprint density at radius 1 is 1.38 bits per heavy atom. The number of nitrogens with one attached hydrogen (secondary N) is 1. The van der Waals surface area contributed by atoms with Crippen LogP contribution in [0, 0.1) is 0 Å². The SMILES string of the molecule is O=C(Cc1cccc(Cl)c1)n1c(Br)c(Br)c2c1CCNC2. The molecule has 0 bridgehead atoms. The highest BCUT2D eigenvalue weighted by Crippen LogP contribution is 2.34. The number of carbonyl (C=O) groups is 1. The van der Waals surface area contributed by atoms with Crippen molar-refractivity contribution in [2.45, 2.75) is 19.4 Å². The number of hydrogen-bond acceptors (Lipinski definition) is 2. The Labute approximate surface area is 144 Å². The second-order valence-corrected chi connectivity index (χ2v) is 6.97. The third-order valence-corrected chi connectivity index (χ3v) is 5.97. The number of hydrogen-bond donors (Lipinski definition) is 1. The van der Waals surface area contributed by atoms with E-state index in [1.165, 1.54) is 0 Å². The summed E-state index contributed by atoms with van der Waals surface area (Å²) in [5, 5.41) is 3.98. The molecule has 0 aliphatic carbocycles. The van der Waals surface area contributed by atoms with Crippen LogP contribution in [0.3, 0.4) is 0 Å². The van der Waals surface area contributed by atoms with E-state index in [2.05, 4.69) is 37.2 Å². The van der Waals surface area contributed by atoms with Gasteiger partial charge < -0.3 is 5.32 Å². The summed E-state index contributed by atoms with van der Waals surface area (Å²) < 4.78 is 3.54. The van der Waals surface area contributed by atoms with Crippen LogP contribution in [0.25, 0.3) is 0 Å². The summed E-state index contributed by atoms with van der Waals surface area (Å²) in [5.41, 5.74) is 3.17. The predicted molar refractivity (Wildman–Crippen MR) is 91.0 cm³/mol. The Bertz CT molecular complexity index is 712. The second kappa shape index (κ2) is 6.24. The summed E-state index contributed by atoms with van der Waals surface area (Å²) >= 11 is 13.1. The van der Waals surface area contributed by atoms with Gasteiger partial charge in [0.05, 0.1) is 10.9 Å². The highest BCUT2D eigenvalue weighted by molar-refractivity contribution is 9.13. The van der Waals surface area contributed by atoms with Crippen molar-refractivity contribution in [1.82, 2.24) is 9.88 Å². The Kier molecular flexibility index (Phi) is 4.54. The van der Waals surface area contributed by atoms with E-state index in [-0.39, 0.29) is 5.91 Å². The lowest BCUT2D eigenvalue weighted by molar-refractivity contribution is 0.0908. The molecule has 6 heteroatoms. The normalized spacial score (nSPS) is 14.0. The fourth-order valence-electron chi connectivity index (χ4n) is 2.63. The molecule has 1 aliphatic rings. The Hall–Kier alpha value is -0.620. The van der Waals surface area contributed by atoms with Crippen molar-refractivity contribution in [1.29, 1.82) is 0 Å². The molecule has 0 radical (unpaired) electrons. The molecule has 2 aromatic rings. The van der Waals surface area contributed by atoms with Gasteiger partial charge in [-0.25, -0.2) is 0 Å². The summed E-state index contributed by atoms with van der Waals surface area (Å²) in [4.78, 5) is 12.7. The highest BCUT2D eigenvalue weighted by Gasteiger charge is 2.25. The van der Waals surface area contributed by atoms with Crippen LogP contribution in [-0.4, -0.2) is 17.0 Å². The molecule has 1 aliphatic heterocycles. The van der Waals surface area contributed by atoms with E-state index in [0.717, 1.165) is 45.4 Å². The van der Waals surface area contributed by atoms with Crippen molar-refractivity contribution in [3.63, 3.8) is 0 Å². The van der Waals surface area contributed by atoms with Crippen LogP contribution < -0.4 is 5.32 Å². The zero-order valence-electron chi connectivity index (χ0n) is 11.1. The van der Waals surface area contributed by atoms with Crippen LogP contribution in [0.1, 0.15) is 21.6 Å². The third kappa shape index (κ3) is 2.97. The van der Waals surface area contributed by atoms with E-state index >= 15 is 0 Å². The number of nitrogens with zero attached hydrogens (tertiary/aromatic N) is 1. The molecule has 2 heterocycles. The van der Waals surface area contributed by atoms with Crippen molar-refractivity contribution in [2.24, 2.45) is 0 Å². The average Bonchev–Trinajstić information content (AvgIpc) is 2.71. The molecular weight excluding hydrogens is 419 g/mol. The van der Waals surface area contributed by atoms with E-state index in [9.17, 15) is 4.79 Å². The molecule has 0 saturated heterocycles. The molecule has 0 fully saturated rings. The first-order valence-corrected chi connectivity index (χ1v) is 8.60. The number of benzene rings is 1. The molecule has 0 spiro atoms. The van der Waals surface area contributed by atoms with Crippen molar-refractivity contribution >= 4 is 49.4 Å². The van der Waals surface area contributed by atoms with Gasteiger partial charge in [0.2, 0.25) is 5.91 Å². The minimum atomic E-state index is 0.0491. The molecule has 110 valence electrons. The lowest BCUT2D eigenvalue weighted by Crippen LogP contribution is -2.27. The molecule has 0 amide bonds. The van der Waals surface area contributed by atoms with E-state index in [4.69, 9.17) is 11.6 Å². The van der Waals surface area contributed by atoms with E-state index < -0.39 is 0 Å². The molecule has 21 heavy (non-hydrogen) atoms. The fourth-order valence-corrected chi connectivity index (χ4v) is 4.04. The number of fused-ring (bicyclic) bond motifs is 1. The van der Waals surface area contributed by atoms with Crippen LogP contribution in [0.15, 0.2) is 33.3 Å². The minimum absolute atomic E-state index is 0.0491. The molecule has 0 atom stereocenters. The van der Waals surface area contributed by atoms with Crippen LogP contribution in [-0.2, 0) is 19.4 Å². The van der Waals surface area contributed by atoms with Crippen LogP contribution in [0.5, 0.6) is 0 Å². The van der Waals surface area contributed by atoms with E-state index in [1.54, 1.807) is 4.57 Å². The average molecular weight is 433 g/mol. The summed E-state index contributed by atoms with van der Waals surface area (Å²) in [5.74, 6) is 0.0491. The van der Waals surface area contributed by atoms with Gasteiger partial charge in [0.15, 0.2) is 0 Å². The van der Waals surface area contributed by atoms with E-state index in [1.807, 2.05) is 24.3 Å². The summed E-state index contributed by atoms with van der Waals surface area (Å²) in [7, 11) is 0. The summed E-state index contributed by atoms with van der Waals surface area (Å²) in [6.07, 6.45) is 1.18. The molecule has 3 rings (SSSR count). The zero-order chi connectivity index (χ0) is 15.0. The van der Waals surface area contributed by atoms with Gasteiger partial charge in [-0.15, -0.1) is 0 Å². The van der Waals surface area contributed by atoms with Gasteiger partial charge in [-0.1, -0.05) is 23.7 Å². The van der Waals surface area contributed by atoms with Gasteiger partial charge in [0, 0.05) is 35.8 Å². The van der Waals surface area contributed by atoms with Gasteiger partial charge in [0.25, 0.3) is 0 Å². The van der Waals surface area contributed by atoms with Crippen molar-refractivity contribution < 1.29 is 4.79 Å². The smallest absolute Gasteiger partial charge is 0.236 e. The fraction of sp³-hybridized carbons (Fsp3) is 0.267. The number of carbonyl (C=O) groups excluding carboxylic acids is 1. The van der Waals surface area contributed by atoms with Crippen molar-refractivity contribution in [3.8, 4) is 0 Å². The van der Waals surface area contributed by atoms with Crippen LogP contribution in [0.4, 0.5) is 0 Å². The quantitative estimate of drug-likeness (QED) is 0.772. The third-order valence-electron chi connectivity index (χ3n) is 3.59. The van der Waals surface area contributed by atoms with Gasteiger partial charge >= 0.3 is 0 Å². The van der Waals surface area contributed by atoms with Crippen LogP contribution in [0.2, 0.25) is 5.02 Å². The largest absolute Gasteiger partial charge is 0.312 e. The lowest BCUT2D eigenvalue weighted by atomic mass is 10.1. The molecule has 0 unspecified atom stereocenters. The predicted octanol–water partition coefficient (Wildman–Crippen LogP) is 4.20. The first-order chi connectivity index (χ1) is 10.1. The van der Waals surface area contributed by atoms with Gasteiger partial charge in [-0.3, -0.25) is 9.36 Å². The van der Waals surface area contributed by atoms with Crippen molar-refractivity contribution in [2.75, 3.05) is 6.54 Å². The highest BCUT2D eigenvalue weighted by atomic mass is 79.9. The maximum atomic E-state index is 12.7.